The number of anilines is 1. The van der Waals surface area contributed by atoms with E-state index in [1.807, 2.05) is 0 Å². The highest BCUT2D eigenvalue weighted by molar-refractivity contribution is 5.52. The minimum Gasteiger partial charge on any atom is -0.488 e. The molecule has 5 heteroatoms. The van der Waals surface area contributed by atoms with Gasteiger partial charge in [-0.05, 0) is 18.6 Å². The van der Waals surface area contributed by atoms with Crippen LogP contribution in [-0.4, -0.2) is 28.5 Å². The topological polar surface area (TPSA) is 75.7 Å². The molecule has 1 saturated carbocycles. The molecule has 1 aromatic carbocycles. The maximum absolute atomic E-state index is 13.0. The van der Waals surface area contributed by atoms with Crippen LogP contribution in [0.4, 0.5) is 10.1 Å². The zero-order valence-electron chi connectivity index (χ0n) is 9.34. The minimum absolute atomic E-state index is 0.260. The van der Waals surface area contributed by atoms with Gasteiger partial charge in [-0.25, -0.2) is 4.39 Å². The van der Waals surface area contributed by atoms with Crippen molar-refractivity contribution in [1.29, 1.82) is 0 Å². The molecular formula is C12H16FNO3. The number of nitrogen functional groups attached to an aromatic ring is 1. The molecule has 4 nitrogen and oxygen atoms in total. The molecular weight excluding hydrogens is 225 g/mol. The van der Waals surface area contributed by atoms with Crippen molar-refractivity contribution >= 4 is 5.69 Å². The molecule has 0 amide bonds. The number of rotatable bonds is 2. The summed E-state index contributed by atoms with van der Waals surface area (Å²) >= 11 is 0. The molecule has 94 valence electrons. The second-order valence-corrected chi connectivity index (χ2v) is 4.44. The zero-order valence-corrected chi connectivity index (χ0v) is 9.34. The van der Waals surface area contributed by atoms with Crippen molar-refractivity contribution in [1.82, 2.24) is 0 Å². The van der Waals surface area contributed by atoms with Gasteiger partial charge in [-0.3, -0.25) is 0 Å². The number of aliphatic hydroxyl groups is 2. The van der Waals surface area contributed by atoms with Crippen molar-refractivity contribution in [3.63, 3.8) is 0 Å². The molecule has 0 bridgehead atoms. The lowest BCUT2D eigenvalue weighted by atomic mass is 9.92. The molecule has 0 saturated heterocycles. The summed E-state index contributed by atoms with van der Waals surface area (Å²) in [4.78, 5) is 0. The van der Waals surface area contributed by atoms with Crippen LogP contribution < -0.4 is 10.5 Å². The highest BCUT2D eigenvalue weighted by Gasteiger charge is 2.28. The van der Waals surface area contributed by atoms with Crippen molar-refractivity contribution in [2.45, 2.75) is 37.6 Å². The number of hydrogen-bond donors (Lipinski definition) is 3. The molecule has 0 unspecified atom stereocenters. The molecule has 17 heavy (non-hydrogen) atoms. The van der Waals surface area contributed by atoms with Gasteiger partial charge in [0.1, 0.15) is 17.7 Å². The third-order valence-corrected chi connectivity index (χ3v) is 2.88. The summed E-state index contributed by atoms with van der Waals surface area (Å²) in [6.45, 7) is 0. The number of benzene rings is 1. The van der Waals surface area contributed by atoms with Crippen molar-refractivity contribution in [3.8, 4) is 5.75 Å². The molecule has 0 aromatic heterocycles. The Balaban J connectivity index is 2.07. The number of ether oxygens (including phenoxy) is 1. The van der Waals surface area contributed by atoms with E-state index in [1.54, 1.807) is 0 Å². The average Bonchev–Trinajstić information content (AvgIpc) is 2.22. The Morgan fingerprint density at radius 2 is 1.82 bits per heavy atom. The largest absolute Gasteiger partial charge is 0.488 e. The van der Waals surface area contributed by atoms with Crippen LogP contribution in [0.15, 0.2) is 18.2 Å². The first-order valence-corrected chi connectivity index (χ1v) is 5.62. The van der Waals surface area contributed by atoms with Gasteiger partial charge in [-0.15, -0.1) is 0 Å². The average molecular weight is 241 g/mol. The highest BCUT2D eigenvalue weighted by atomic mass is 19.1. The van der Waals surface area contributed by atoms with E-state index in [0.29, 0.717) is 24.9 Å². The lowest BCUT2D eigenvalue weighted by molar-refractivity contribution is -0.0153. The molecule has 2 rings (SSSR count). The molecule has 3 atom stereocenters. The second-order valence-electron chi connectivity index (χ2n) is 4.44. The van der Waals surface area contributed by atoms with Crippen LogP contribution in [0.25, 0.3) is 0 Å². The van der Waals surface area contributed by atoms with E-state index in [4.69, 9.17) is 10.5 Å². The van der Waals surface area contributed by atoms with Crippen molar-refractivity contribution in [2.75, 3.05) is 5.73 Å². The Bertz CT molecular complexity index is 389. The molecule has 1 fully saturated rings. The highest BCUT2D eigenvalue weighted by Crippen LogP contribution is 2.28. The maximum atomic E-state index is 13.0. The van der Waals surface area contributed by atoms with E-state index in [-0.39, 0.29) is 11.9 Å². The fraction of sp³-hybridized carbons (Fsp3) is 0.500. The summed E-state index contributed by atoms with van der Waals surface area (Å²) in [5, 5.41) is 19.0. The van der Waals surface area contributed by atoms with Gasteiger partial charge >= 0.3 is 0 Å². The van der Waals surface area contributed by atoms with E-state index in [2.05, 4.69) is 0 Å². The fourth-order valence-corrected chi connectivity index (χ4v) is 2.10. The molecule has 1 aromatic rings. The third-order valence-electron chi connectivity index (χ3n) is 2.88. The molecule has 0 spiro atoms. The van der Waals surface area contributed by atoms with E-state index in [9.17, 15) is 14.6 Å². The van der Waals surface area contributed by atoms with Gasteiger partial charge in [-0.2, -0.15) is 0 Å². The first-order valence-electron chi connectivity index (χ1n) is 5.62. The Morgan fingerprint density at radius 3 is 2.47 bits per heavy atom. The van der Waals surface area contributed by atoms with Gasteiger partial charge in [-0.1, -0.05) is 0 Å². The van der Waals surface area contributed by atoms with Crippen LogP contribution in [-0.2, 0) is 0 Å². The molecule has 0 heterocycles. The Kier molecular flexibility index (Phi) is 3.49. The van der Waals surface area contributed by atoms with Crippen LogP contribution in [0.2, 0.25) is 0 Å². The Labute approximate surface area is 98.8 Å². The van der Waals surface area contributed by atoms with E-state index in [1.165, 1.54) is 18.2 Å². The summed E-state index contributed by atoms with van der Waals surface area (Å²) < 4.78 is 18.5. The first kappa shape index (κ1) is 12.1. The standard InChI is InChI=1S/C12H16FNO3/c13-7-1-2-11(14)12(3-7)17-10-5-8(15)4-9(16)6-10/h1-3,8-10,15-16H,4-6,14H2/t8-,9+,10-. The second kappa shape index (κ2) is 4.89. The van der Waals surface area contributed by atoms with Gasteiger partial charge < -0.3 is 20.7 Å². The van der Waals surface area contributed by atoms with Crippen LogP contribution >= 0.6 is 0 Å². The predicted molar refractivity (Wildman–Crippen MR) is 61.1 cm³/mol. The van der Waals surface area contributed by atoms with Crippen LogP contribution in [0.5, 0.6) is 5.75 Å². The summed E-state index contributed by atoms with van der Waals surface area (Å²) in [5.41, 5.74) is 6.01. The lowest BCUT2D eigenvalue weighted by Crippen LogP contribution is -2.36. The van der Waals surface area contributed by atoms with Crippen molar-refractivity contribution in [2.24, 2.45) is 0 Å². The van der Waals surface area contributed by atoms with E-state index < -0.39 is 18.0 Å². The Hall–Kier alpha value is -1.33. The monoisotopic (exact) mass is 241 g/mol. The number of aliphatic hydroxyl groups excluding tert-OH is 2. The zero-order chi connectivity index (χ0) is 12.4. The van der Waals surface area contributed by atoms with Gasteiger partial charge in [0.15, 0.2) is 0 Å². The molecule has 1 aliphatic carbocycles. The minimum atomic E-state index is -0.585. The van der Waals surface area contributed by atoms with Crippen LogP contribution in [0, 0.1) is 5.82 Å². The van der Waals surface area contributed by atoms with E-state index >= 15 is 0 Å². The first-order chi connectivity index (χ1) is 8.04. The summed E-state index contributed by atoms with van der Waals surface area (Å²) in [7, 11) is 0. The number of nitrogens with two attached hydrogens (primary N) is 1. The van der Waals surface area contributed by atoms with Gasteiger partial charge in [0.2, 0.25) is 0 Å². The Morgan fingerprint density at radius 1 is 1.18 bits per heavy atom. The maximum Gasteiger partial charge on any atom is 0.145 e. The van der Waals surface area contributed by atoms with Crippen molar-refractivity contribution < 1.29 is 19.3 Å². The van der Waals surface area contributed by atoms with Gasteiger partial charge in [0.05, 0.1) is 17.9 Å². The lowest BCUT2D eigenvalue weighted by Gasteiger charge is -2.30. The van der Waals surface area contributed by atoms with E-state index in [0.717, 1.165) is 0 Å². The van der Waals surface area contributed by atoms with Gasteiger partial charge in [0, 0.05) is 18.9 Å². The molecule has 4 N–H and O–H groups in total. The summed E-state index contributed by atoms with van der Waals surface area (Å²) in [6.07, 6.45) is -0.298. The van der Waals surface area contributed by atoms with Crippen LogP contribution in [0.1, 0.15) is 19.3 Å². The predicted octanol–water partition coefficient (Wildman–Crippen LogP) is 1.06. The molecule has 0 aliphatic heterocycles. The normalized spacial score (nSPS) is 29.0. The smallest absolute Gasteiger partial charge is 0.145 e. The number of halogens is 1. The SMILES string of the molecule is Nc1ccc(F)cc1O[C@@H]1C[C@H](O)C[C@H](O)C1. The summed E-state index contributed by atoms with van der Waals surface area (Å²) in [5.74, 6) is -0.164. The number of hydrogen-bond acceptors (Lipinski definition) is 4. The summed E-state index contributed by atoms with van der Waals surface area (Å²) in [6, 6.07) is 3.90. The van der Waals surface area contributed by atoms with Crippen LogP contribution in [0.3, 0.4) is 0 Å². The van der Waals surface area contributed by atoms with Crippen molar-refractivity contribution in [3.05, 3.63) is 24.0 Å². The quantitative estimate of drug-likeness (QED) is 0.677. The third kappa shape index (κ3) is 3.08. The van der Waals surface area contributed by atoms with Gasteiger partial charge in [0.25, 0.3) is 0 Å². The molecule has 0 radical (unpaired) electrons. The molecule has 1 aliphatic rings. The fourth-order valence-electron chi connectivity index (χ4n) is 2.10.